The van der Waals surface area contributed by atoms with Crippen molar-refractivity contribution in [1.82, 2.24) is 24.8 Å². The van der Waals surface area contributed by atoms with Gasteiger partial charge in [-0.05, 0) is 26.1 Å². The minimum atomic E-state index is 0.210. The Kier molecular flexibility index (Phi) is 6.84. The lowest BCUT2D eigenvalue weighted by Crippen LogP contribution is -2.23. The maximum absolute atomic E-state index is 5.54. The van der Waals surface area contributed by atoms with Crippen LogP contribution in [0.3, 0.4) is 0 Å². The van der Waals surface area contributed by atoms with Crippen molar-refractivity contribution in [3.05, 3.63) is 83.8 Å². The van der Waals surface area contributed by atoms with Crippen LogP contribution < -0.4 is 0 Å². The van der Waals surface area contributed by atoms with E-state index in [0.29, 0.717) is 5.75 Å². The van der Waals surface area contributed by atoms with Crippen LogP contribution in [0.2, 0.25) is 0 Å². The summed E-state index contributed by atoms with van der Waals surface area (Å²) in [6, 6.07) is 22.7. The molecule has 0 aliphatic rings. The van der Waals surface area contributed by atoms with Gasteiger partial charge in [0, 0.05) is 17.4 Å². The minimum absolute atomic E-state index is 0.210. The van der Waals surface area contributed by atoms with Crippen LogP contribution in [0.25, 0.3) is 11.3 Å². The first kappa shape index (κ1) is 21.3. The summed E-state index contributed by atoms with van der Waals surface area (Å²) >= 11 is 1.64. The van der Waals surface area contributed by atoms with E-state index in [1.54, 1.807) is 11.8 Å². The predicted molar refractivity (Wildman–Crippen MR) is 124 cm³/mol. The van der Waals surface area contributed by atoms with Crippen molar-refractivity contribution in [2.45, 2.75) is 36.8 Å². The molecule has 160 valence electrons. The molecular weight excluding hydrogens is 406 g/mol. The van der Waals surface area contributed by atoms with Crippen LogP contribution in [0, 0.1) is 0 Å². The van der Waals surface area contributed by atoms with Gasteiger partial charge in [0.2, 0.25) is 0 Å². The first-order valence-corrected chi connectivity index (χ1v) is 11.4. The van der Waals surface area contributed by atoms with Gasteiger partial charge < -0.3 is 9.09 Å². The summed E-state index contributed by atoms with van der Waals surface area (Å²) < 4.78 is 7.77. The summed E-state index contributed by atoms with van der Waals surface area (Å²) in [6.07, 6.45) is 0.967. The predicted octanol–water partition coefficient (Wildman–Crippen LogP) is 5.29. The Labute approximate surface area is 187 Å². The number of thioether (sulfide) groups is 1. The normalized spacial score (nSPS) is 12.4. The molecule has 0 N–H and O–H groups in total. The van der Waals surface area contributed by atoms with Gasteiger partial charge in [0.1, 0.15) is 0 Å². The molecule has 2 aromatic heterocycles. The van der Waals surface area contributed by atoms with E-state index in [4.69, 9.17) is 4.52 Å². The zero-order valence-electron chi connectivity index (χ0n) is 18.1. The molecule has 0 amide bonds. The summed E-state index contributed by atoms with van der Waals surface area (Å²) in [6.45, 7) is 2.92. The molecule has 0 fully saturated rings. The Morgan fingerprint density at radius 2 is 1.71 bits per heavy atom. The third-order valence-corrected chi connectivity index (χ3v) is 6.20. The van der Waals surface area contributed by atoms with Crippen molar-refractivity contribution < 1.29 is 4.52 Å². The van der Waals surface area contributed by atoms with Gasteiger partial charge in [-0.3, -0.25) is 4.90 Å². The number of rotatable bonds is 9. The van der Waals surface area contributed by atoms with Crippen LogP contribution >= 0.6 is 11.8 Å². The average Bonchev–Trinajstić information content (AvgIpc) is 3.42. The summed E-state index contributed by atoms with van der Waals surface area (Å²) in [5.74, 6) is 2.44. The number of hydrogen-bond acceptors (Lipinski definition) is 6. The number of hydrogen-bond donors (Lipinski definition) is 0. The largest absolute Gasteiger partial charge is 0.356 e. The van der Waals surface area contributed by atoms with Crippen molar-refractivity contribution in [3.8, 4) is 11.3 Å². The summed E-state index contributed by atoms with van der Waals surface area (Å²) in [4.78, 5) is 2.20. The van der Waals surface area contributed by atoms with E-state index in [0.717, 1.165) is 41.0 Å². The van der Waals surface area contributed by atoms with Crippen LogP contribution in [-0.2, 0) is 12.3 Å². The third-order valence-electron chi connectivity index (χ3n) is 5.20. The first-order valence-electron chi connectivity index (χ1n) is 10.4. The second kappa shape index (κ2) is 9.94. The maximum atomic E-state index is 5.54. The third kappa shape index (κ3) is 5.06. The molecule has 0 unspecified atom stereocenters. The number of aromatic nitrogens is 4. The maximum Gasteiger partial charge on any atom is 0.191 e. The van der Waals surface area contributed by atoms with E-state index in [1.165, 1.54) is 5.56 Å². The lowest BCUT2D eigenvalue weighted by atomic mass is 10.2. The highest BCUT2D eigenvalue weighted by Crippen LogP contribution is 2.29. The fourth-order valence-corrected chi connectivity index (χ4v) is 4.43. The van der Waals surface area contributed by atoms with Crippen molar-refractivity contribution in [1.29, 1.82) is 0 Å². The molecule has 0 spiro atoms. The van der Waals surface area contributed by atoms with E-state index >= 15 is 0 Å². The smallest absolute Gasteiger partial charge is 0.191 e. The van der Waals surface area contributed by atoms with E-state index in [1.807, 2.05) is 42.5 Å². The van der Waals surface area contributed by atoms with Gasteiger partial charge in [0.15, 0.2) is 16.7 Å². The summed E-state index contributed by atoms with van der Waals surface area (Å²) in [5.41, 5.74) is 3.14. The van der Waals surface area contributed by atoms with Gasteiger partial charge in [0.05, 0.1) is 18.3 Å². The van der Waals surface area contributed by atoms with Crippen LogP contribution in [0.15, 0.2) is 76.4 Å². The topological polar surface area (TPSA) is 60.0 Å². The Morgan fingerprint density at radius 1 is 1.00 bits per heavy atom. The van der Waals surface area contributed by atoms with Gasteiger partial charge in [-0.15, -0.1) is 10.2 Å². The van der Waals surface area contributed by atoms with Crippen molar-refractivity contribution in [2.24, 2.45) is 0 Å². The van der Waals surface area contributed by atoms with Crippen molar-refractivity contribution in [3.63, 3.8) is 0 Å². The fourth-order valence-electron chi connectivity index (χ4n) is 3.60. The molecule has 2 aromatic carbocycles. The standard InChI is InChI=1S/C24H27N5OS/c1-4-21(28(2)3)23-25-26-24(29(23)16-18-11-7-5-8-12-18)31-17-20-15-22(30-27-20)19-13-9-6-10-14-19/h5-15,21H,4,16-17H2,1-3H3/t21-/m1/s1. The molecule has 0 radical (unpaired) electrons. The highest BCUT2D eigenvalue weighted by molar-refractivity contribution is 7.98. The van der Waals surface area contributed by atoms with E-state index in [2.05, 4.69) is 70.1 Å². The fraction of sp³-hybridized carbons (Fsp3) is 0.292. The SMILES string of the molecule is CC[C@H](c1nnc(SCc2cc(-c3ccccc3)on2)n1Cc1ccccc1)N(C)C. The Balaban J connectivity index is 1.56. The van der Waals surface area contributed by atoms with E-state index < -0.39 is 0 Å². The van der Waals surface area contributed by atoms with E-state index in [-0.39, 0.29) is 6.04 Å². The molecule has 4 aromatic rings. The van der Waals surface area contributed by atoms with Gasteiger partial charge in [-0.1, -0.05) is 84.5 Å². The summed E-state index contributed by atoms with van der Waals surface area (Å²) in [7, 11) is 4.17. The van der Waals surface area contributed by atoms with Crippen molar-refractivity contribution in [2.75, 3.05) is 14.1 Å². The van der Waals surface area contributed by atoms with Crippen LogP contribution in [0.5, 0.6) is 0 Å². The quantitative estimate of drug-likeness (QED) is 0.334. The van der Waals surface area contributed by atoms with Crippen LogP contribution in [-0.4, -0.2) is 38.9 Å². The molecule has 1 atom stereocenters. The average molecular weight is 434 g/mol. The molecule has 7 heteroatoms. The molecule has 2 heterocycles. The molecule has 4 rings (SSSR count). The molecule has 0 saturated carbocycles. The van der Waals surface area contributed by atoms with E-state index in [9.17, 15) is 0 Å². The lowest BCUT2D eigenvalue weighted by Gasteiger charge is -2.23. The second-order valence-corrected chi connectivity index (χ2v) is 8.58. The Bertz CT molecular complexity index is 1090. The highest BCUT2D eigenvalue weighted by atomic mass is 32.2. The molecule has 6 nitrogen and oxygen atoms in total. The minimum Gasteiger partial charge on any atom is -0.356 e. The zero-order valence-corrected chi connectivity index (χ0v) is 18.9. The summed E-state index contributed by atoms with van der Waals surface area (Å²) in [5, 5.41) is 14.2. The Morgan fingerprint density at radius 3 is 2.39 bits per heavy atom. The molecule has 31 heavy (non-hydrogen) atoms. The van der Waals surface area contributed by atoms with Crippen LogP contribution in [0.4, 0.5) is 0 Å². The first-order chi connectivity index (χ1) is 15.2. The molecular formula is C24H27N5OS. The van der Waals surface area contributed by atoms with Crippen molar-refractivity contribution >= 4 is 11.8 Å². The second-order valence-electron chi connectivity index (χ2n) is 7.64. The number of benzene rings is 2. The van der Waals surface area contributed by atoms with Gasteiger partial charge in [-0.25, -0.2) is 0 Å². The Hall–Kier alpha value is -2.90. The molecule has 0 bridgehead atoms. The monoisotopic (exact) mass is 433 g/mol. The molecule has 0 aliphatic carbocycles. The highest BCUT2D eigenvalue weighted by Gasteiger charge is 2.22. The van der Waals surface area contributed by atoms with Gasteiger partial charge >= 0.3 is 0 Å². The molecule has 0 aliphatic heterocycles. The van der Waals surface area contributed by atoms with Crippen LogP contribution in [0.1, 0.15) is 36.5 Å². The molecule has 0 saturated heterocycles. The lowest BCUT2D eigenvalue weighted by molar-refractivity contribution is 0.272. The van der Waals surface area contributed by atoms with Gasteiger partial charge in [0.25, 0.3) is 0 Å². The number of nitrogens with zero attached hydrogens (tertiary/aromatic N) is 5. The zero-order chi connectivity index (χ0) is 21.6. The van der Waals surface area contributed by atoms with Gasteiger partial charge in [-0.2, -0.15) is 0 Å².